The van der Waals surface area contributed by atoms with Crippen LogP contribution in [-0.4, -0.2) is 24.0 Å². The Bertz CT molecular complexity index is 134. The highest BCUT2D eigenvalue weighted by Crippen LogP contribution is 2.25. The molecule has 1 aliphatic heterocycles. The molecule has 1 heteroatoms. The lowest BCUT2D eigenvalue weighted by Crippen LogP contribution is -2.40. The molecule has 0 aromatic heterocycles. The molecule has 1 heterocycles. The first-order valence-corrected chi connectivity index (χ1v) is 5.89. The standard InChI is InChI=1S/C12H25N/c1-5-11(4)13-8-6-12(7-9-13)10(2)3/h10-12H,5-9H2,1-4H3. The Morgan fingerprint density at radius 1 is 1.15 bits per heavy atom. The summed E-state index contributed by atoms with van der Waals surface area (Å²) in [5.74, 6) is 1.87. The lowest BCUT2D eigenvalue weighted by atomic mass is 9.86. The highest BCUT2D eigenvalue weighted by atomic mass is 15.2. The molecule has 0 amide bonds. The number of piperidine rings is 1. The quantitative estimate of drug-likeness (QED) is 0.649. The van der Waals surface area contributed by atoms with Crippen molar-refractivity contribution in [2.24, 2.45) is 11.8 Å². The van der Waals surface area contributed by atoms with E-state index >= 15 is 0 Å². The number of hydrogen-bond donors (Lipinski definition) is 0. The van der Waals surface area contributed by atoms with Crippen molar-refractivity contribution in [2.45, 2.75) is 53.0 Å². The van der Waals surface area contributed by atoms with Crippen LogP contribution in [0, 0.1) is 11.8 Å². The second kappa shape index (κ2) is 4.99. The predicted octanol–water partition coefficient (Wildman–Crippen LogP) is 3.15. The van der Waals surface area contributed by atoms with E-state index in [1.54, 1.807) is 0 Å². The van der Waals surface area contributed by atoms with Gasteiger partial charge in [0, 0.05) is 6.04 Å². The topological polar surface area (TPSA) is 3.24 Å². The first-order valence-electron chi connectivity index (χ1n) is 5.89. The van der Waals surface area contributed by atoms with Gasteiger partial charge in [0.05, 0.1) is 0 Å². The van der Waals surface area contributed by atoms with Crippen LogP contribution in [0.2, 0.25) is 0 Å². The molecule has 0 saturated carbocycles. The molecule has 0 aromatic rings. The summed E-state index contributed by atoms with van der Waals surface area (Å²) >= 11 is 0. The maximum atomic E-state index is 2.65. The van der Waals surface area contributed by atoms with Crippen LogP contribution in [0.1, 0.15) is 47.0 Å². The monoisotopic (exact) mass is 183 g/mol. The SMILES string of the molecule is CCC(C)N1CCC(C(C)C)CC1. The van der Waals surface area contributed by atoms with E-state index in [0.29, 0.717) is 0 Å². The molecule has 1 fully saturated rings. The van der Waals surface area contributed by atoms with Crippen LogP contribution < -0.4 is 0 Å². The van der Waals surface area contributed by atoms with Crippen LogP contribution in [0.4, 0.5) is 0 Å². The van der Waals surface area contributed by atoms with Crippen molar-refractivity contribution < 1.29 is 0 Å². The molecular weight excluding hydrogens is 158 g/mol. The van der Waals surface area contributed by atoms with Crippen molar-refractivity contribution in [3.8, 4) is 0 Å². The highest BCUT2D eigenvalue weighted by molar-refractivity contribution is 4.76. The minimum atomic E-state index is 0.799. The average molecular weight is 183 g/mol. The molecule has 0 N–H and O–H groups in total. The van der Waals surface area contributed by atoms with Crippen molar-refractivity contribution in [2.75, 3.05) is 13.1 Å². The van der Waals surface area contributed by atoms with Gasteiger partial charge < -0.3 is 4.90 Å². The minimum absolute atomic E-state index is 0.799. The Morgan fingerprint density at radius 2 is 1.69 bits per heavy atom. The zero-order chi connectivity index (χ0) is 9.84. The van der Waals surface area contributed by atoms with E-state index in [0.717, 1.165) is 17.9 Å². The van der Waals surface area contributed by atoms with E-state index in [9.17, 15) is 0 Å². The van der Waals surface area contributed by atoms with Gasteiger partial charge in [-0.1, -0.05) is 20.8 Å². The summed E-state index contributed by atoms with van der Waals surface area (Å²) in [6.45, 7) is 12.0. The van der Waals surface area contributed by atoms with Gasteiger partial charge in [-0.25, -0.2) is 0 Å². The molecule has 1 nitrogen and oxygen atoms in total. The average Bonchev–Trinajstić information content (AvgIpc) is 2.17. The number of hydrogen-bond acceptors (Lipinski definition) is 1. The fourth-order valence-corrected chi connectivity index (χ4v) is 2.29. The number of nitrogens with zero attached hydrogens (tertiary/aromatic N) is 1. The van der Waals surface area contributed by atoms with Crippen LogP contribution in [0.25, 0.3) is 0 Å². The zero-order valence-corrected chi connectivity index (χ0v) is 9.71. The van der Waals surface area contributed by atoms with E-state index in [2.05, 4.69) is 32.6 Å². The predicted molar refractivity (Wildman–Crippen MR) is 58.9 cm³/mol. The lowest BCUT2D eigenvalue weighted by Gasteiger charge is -2.37. The number of likely N-dealkylation sites (tertiary alicyclic amines) is 1. The van der Waals surface area contributed by atoms with Gasteiger partial charge in [-0.3, -0.25) is 0 Å². The first-order chi connectivity index (χ1) is 6.15. The Morgan fingerprint density at radius 3 is 2.08 bits per heavy atom. The van der Waals surface area contributed by atoms with Gasteiger partial charge >= 0.3 is 0 Å². The summed E-state index contributed by atoms with van der Waals surface area (Å²) in [7, 11) is 0. The third kappa shape index (κ3) is 2.98. The summed E-state index contributed by atoms with van der Waals surface area (Å²) in [4.78, 5) is 2.65. The van der Waals surface area contributed by atoms with Gasteiger partial charge in [-0.2, -0.15) is 0 Å². The normalized spacial score (nSPS) is 23.8. The molecule has 13 heavy (non-hydrogen) atoms. The molecule has 0 bridgehead atoms. The third-order valence-electron chi connectivity index (χ3n) is 3.73. The summed E-state index contributed by atoms with van der Waals surface area (Å²) in [6.07, 6.45) is 4.14. The maximum Gasteiger partial charge on any atom is 0.00643 e. The van der Waals surface area contributed by atoms with Crippen molar-refractivity contribution in [1.29, 1.82) is 0 Å². The van der Waals surface area contributed by atoms with E-state index in [1.165, 1.54) is 32.4 Å². The largest absolute Gasteiger partial charge is 0.301 e. The van der Waals surface area contributed by atoms with E-state index in [4.69, 9.17) is 0 Å². The molecule has 78 valence electrons. The van der Waals surface area contributed by atoms with Crippen LogP contribution in [0.15, 0.2) is 0 Å². The van der Waals surface area contributed by atoms with Crippen LogP contribution in [0.5, 0.6) is 0 Å². The van der Waals surface area contributed by atoms with Crippen LogP contribution in [-0.2, 0) is 0 Å². The molecule has 0 aromatic carbocycles. The molecule has 0 spiro atoms. The molecule has 1 rings (SSSR count). The smallest absolute Gasteiger partial charge is 0.00643 e. The van der Waals surface area contributed by atoms with Crippen molar-refractivity contribution in [1.82, 2.24) is 4.90 Å². The van der Waals surface area contributed by atoms with Gasteiger partial charge in [-0.05, 0) is 51.1 Å². The third-order valence-corrected chi connectivity index (χ3v) is 3.73. The van der Waals surface area contributed by atoms with Gasteiger partial charge in [0.2, 0.25) is 0 Å². The van der Waals surface area contributed by atoms with Crippen LogP contribution in [0.3, 0.4) is 0 Å². The van der Waals surface area contributed by atoms with E-state index in [1.807, 2.05) is 0 Å². The van der Waals surface area contributed by atoms with Crippen LogP contribution >= 0.6 is 0 Å². The Hall–Kier alpha value is -0.0400. The van der Waals surface area contributed by atoms with E-state index < -0.39 is 0 Å². The zero-order valence-electron chi connectivity index (χ0n) is 9.71. The second-order valence-corrected chi connectivity index (χ2v) is 4.87. The summed E-state index contributed by atoms with van der Waals surface area (Å²) in [5.41, 5.74) is 0. The first kappa shape index (κ1) is 11.0. The second-order valence-electron chi connectivity index (χ2n) is 4.87. The summed E-state index contributed by atoms with van der Waals surface area (Å²) in [6, 6.07) is 0.799. The van der Waals surface area contributed by atoms with Gasteiger partial charge in [0.15, 0.2) is 0 Å². The Labute approximate surface area is 83.5 Å². The highest BCUT2D eigenvalue weighted by Gasteiger charge is 2.23. The van der Waals surface area contributed by atoms with E-state index in [-0.39, 0.29) is 0 Å². The molecule has 1 atom stereocenters. The minimum Gasteiger partial charge on any atom is -0.301 e. The Balaban J connectivity index is 2.30. The van der Waals surface area contributed by atoms with Gasteiger partial charge in [0.25, 0.3) is 0 Å². The van der Waals surface area contributed by atoms with Crippen molar-refractivity contribution in [3.63, 3.8) is 0 Å². The summed E-state index contributed by atoms with van der Waals surface area (Å²) < 4.78 is 0. The molecule has 1 aliphatic rings. The Kier molecular flexibility index (Phi) is 4.24. The molecular formula is C12H25N. The molecule has 1 unspecified atom stereocenters. The van der Waals surface area contributed by atoms with Gasteiger partial charge in [0.1, 0.15) is 0 Å². The van der Waals surface area contributed by atoms with Crippen molar-refractivity contribution >= 4 is 0 Å². The maximum absolute atomic E-state index is 2.65. The molecule has 0 radical (unpaired) electrons. The lowest BCUT2D eigenvalue weighted by molar-refractivity contribution is 0.120. The summed E-state index contributed by atoms with van der Waals surface area (Å²) in [5, 5.41) is 0. The fraction of sp³-hybridized carbons (Fsp3) is 1.00. The van der Waals surface area contributed by atoms with Crippen molar-refractivity contribution in [3.05, 3.63) is 0 Å². The fourth-order valence-electron chi connectivity index (χ4n) is 2.29. The molecule has 1 saturated heterocycles. The number of rotatable bonds is 3. The molecule has 0 aliphatic carbocycles. The van der Waals surface area contributed by atoms with Gasteiger partial charge in [-0.15, -0.1) is 0 Å².